The third kappa shape index (κ3) is 3.33. The van der Waals surface area contributed by atoms with Crippen LogP contribution < -0.4 is 15.8 Å². The van der Waals surface area contributed by atoms with Gasteiger partial charge in [-0.1, -0.05) is 18.2 Å². The summed E-state index contributed by atoms with van der Waals surface area (Å²) in [6.45, 7) is 1.66. The van der Waals surface area contributed by atoms with Gasteiger partial charge in [-0.05, 0) is 29.8 Å². The Bertz CT molecular complexity index is 629. The van der Waals surface area contributed by atoms with E-state index in [9.17, 15) is 9.18 Å². The van der Waals surface area contributed by atoms with Crippen LogP contribution in [0.4, 0.5) is 10.1 Å². The van der Waals surface area contributed by atoms with Gasteiger partial charge in [0.05, 0.1) is 5.69 Å². The molecule has 2 rings (SSSR count). The number of hydrogen-bond acceptors (Lipinski definition) is 3. The van der Waals surface area contributed by atoms with Crippen LogP contribution in [0.2, 0.25) is 0 Å². The molecule has 0 saturated heterocycles. The molecule has 2 aromatic rings. The van der Waals surface area contributed by atoms with E-state index in [4.69, 9.17) is 10.5 Å². The number of para-hydroxylation sites is 2. The summed E-state index contributed by atoms with van der Waals surface area (Å²) < 4.78 is 19.4. The second-order valence-corrected chi connectivity index (χ2v) is 4.25. The Balaban J connectivity index is 2.28. The predicted molar refractivity (Wildman–Crippen MR) is 75.1 cm³/mol. The lowest BCUT2D eigenvalue weighted by Crippen LogP contribution is -2.07. The maximum Gasteiger partial charge on any atom is 0.221 e. The third-order valence-electron chi connectivity index (χ3n) is 2.65. The smallest absolute Gasteiger partial charge is 0.221 e. The number of halogens is 1. The maximum absolute atomic E-state index is 13.8. The molecule has 3 N–H and O–H groups in total. The number of amides is 1. The molecular weight excluding hydrogens is 259 g/mol. The zero-order valence-corrected chi connectivity index (χ0v) is 11.0. The van der Waals surface area contributed by atoms with Crippen molar-refractivity contribution < 1.29 is 13.9 Å². The number of ether oxygens (including phenoxy) is 1. The number of carbonyl (C=O) groups is 1. The Hall–Kier alpha value is -2.40. The summed E-state index contributed by atoms with van der Waals surface area (Å²) in [4.78, 5) is 11.1. The van der Waals surface area contributed by atoms with Crippen molar-refractivity contribution in [1.29, 1.82) is 0 Å². The first-order chi connectivity index (χ1) is 9.60. The number of benzene rings is 2. The van der Waals surface area contributed by atoms with E-state index in [1.807, 2.05) is 0 Å². The summed E-state index contributed by atoms with van der Waals surface area (Å²) in [5.41, 5.74) is 6.62. The highest BCUT2D eigenvalue weighted by atomic mass is 19.1. The molecule has 0 spiro atoms. The van der Waals surface area contributed by atoms with Gasteiger partial charge in [-0.3, -0.25) is 4.79 Å². The standard InChI is InChI=1S/C15H15FN2O2/c1-10(19)18-13-4-2-3-5-15(13)20-14-7-6-11(9-17)8-12(14)16/h2-8H,9,17H2,1H3,(H,18,19). The lowest BCUT2D eigenvalue weighted by molar-refractivity contribution is -0.114. The van der Waals surface area contributed by atoms with Crippen LogP contribution in [0.25, 0.3) is 0 Å². The van der Waals surface area contributed by atoms with E-state index in [0.717, 1.165) is 0 Å². The molecule has 0 bridgehead atoms. The van der Waals surface area contributed by atoms with E-state index in [1.165, 1.54) is 19.1 Å². The molecule has 20 heavy (non-hydrogen) atoms. The van der Waals surface area contributed by atoms with E-state index in [-0.39, 0.29) is 18.2 Å². The minimum Gasteiger partial charge on any atom is -0.452 e. The number of nitrogens with two attached hydrogens (primary N) is 1. The number of nitrogens with one attached hydrogen (secondary N) is 1. The Morgan fingerprint density at radius 1 is 1.25 bits per heavy atom. The topological polar surface area (TPSA) is 64.3 Å². The molecule has 0 atom stereocenters. The normalized spacial score (nSPS) is 10.2. The van der Waals surface area contributed by atoms with Crippen LogP contribution in [-0.4, -0.2) is 5.91 Å². The van der Waals surface area contributed by atoms with Crippen LogP contribution in [0.15, 0.2) is 42.5 Å². The summed E-state index contributed by atoms with van der Waals surface area (Å²) in [7, 11) is 0. The largest absolute Gasteiger partial charge is 0.452 e. The van der Waals surface area contributed by atoms with Gasteiger partial charge < -0.3 is 15.8 Å². The molecule has 0 aliphatic heterocycles. The molecule has 104 valence electrons. The molecule has 0 aromatic heterocycles. The van der Waals surface area contributed by atoms with Gasteiger partial charge in [0.1, 0.15) is 0 Å². The number of hydrogen-bond donors (Lipinski definition) is 2. The van der Waals surface area contributed by atoms with Gasteiger partial charge in [0, 0.05) is 13.5 Å². The van der Waals surface area contributed by atoms with Gasteiger partial charge in [-0.25, -0.2) is 4.39 Å². The first-order valence-electron chi connectivity index (χ1n) is 6.13. The van der Waals surface area contributed by atoms with Crippen molar-refractivity contribution in [1.82, 2.24) is 0 Å². The van der Waals surface area contributed by atoms with E-state index < -0.39 is 5.82 Å². The quantitative estimate of drug-likeness (QED) is 0.900. The van der Waals surface area contributed by atoms with E-state index in [1.54, 1.807) is 30.3 Å². The van der Waals surface area contributed by atoms with Crippen LogP contribution >= 0.6 is 0 Å². The lowest BCUT2D eigenvalue weighted by atomic mass is 10.2. The Labute approximate surface area is 116 Å². The highest BCUT2D eigenvalue weighted by Crippen LogP contribution is 2.31. The fourth-order valence-corrected chi connectivity index (χ4v) is 1.72. The minimum absolute atomic E-state index is 0.0833. The van der Waals surface area contributed by atoms with Crippen LogP contribution in [-0.2, 0) is 11.3 Å². The minimum atomic E-state index is -0.495. The first kappa shape index (κ1) is 14.0. The number of carbonyl (C=O) groups excluding carboxylic acids is 1. The van der Waals surface area contributed by atoms with Gasteiger partial charge in [-0.15, -0.1) is 0 Å². The second kappa shape index (κ2) is 6.16. The molecule has 0 aliphatic rings. The van der Waals surface area contributed by atoms with Gasteiger partial charge in [0.25, 0.3) is 0 Å². The third-order valence-corrected chi connectivity index (χ3v) is 2.65. The van der Waals surface area contributed by atoms with Crippen molar-refractivity contribution in [3.05, 3.63) is 53.8 Å². The fraction of sp³-hybridized carbons (Fsp3) is 0.133. The van der Waals surface area contributed by atoms with Gasteiger partial charge in [0.2, 0.25) is 5.91 Å². The van der Waals surface area contributed by atoms with Crippen molar-refractivity contribution in [2.45, 2.75) is 13.5 Å². The zero-order valence-electron chi connectivity index (χ0n) is 11.0. The molecule has 0 fully saturated rings. The van der Waals surface area contributed by atoms with Crippen LogP contribution in [0.5, 0.6) is 11.5 Å². The molecular formula is C15H15FN2O2. The van der Waals surface area contributed by atoms with Gasteiger partial charge >= 0.3 is 0 Å². The molecule has 5 heteroatoms. The van der Waals surface area contributed by atoms with Crippen molar-refractivity contribution in [2.75, 3.05) is 5.32 Å². The highest BCUT2D eigenvalue weighted by molar-refractivity contribution is 5.90. The van der Waals surface area contributed by atoms with Crippen LogP contribution in [0.1, 0.15) is 12.5 Å². The monoisotopic (exact) mass is 274 g/mol. The molecule has 0 unspecified atom stereocenters. The maximum atomic E-state index is 13.8. The summed E-state index contributed by atoms with van der Waals surface area (Å²) in [6.07, 6.45) is 0. The molecule has 0 heterocycles. The van der Waals surface area contributed by atoms with Crippen molar-refractivity contribution in [3.8, 4) is 11.5 Å². The van der Waals surface area contributed by atoms with E-state index >= 15 is 0 Å². The average Bonchev–Trinajstić information content (AvgIpc) is 2.42. The fourth-order valence-electron chi connectivity index (χ4n) is 1.72. The number of anilines is 1. The second-order valence-electron chi connectivity index (χ2n) is 4.25. The van der Waals surface area contributed by atoms with E-state index in [2.05, 4.69) is 5.32 Å². The van der Waals surface area contributed by atoms with Crippen molar-refractivity contribution >= 4 is 11.6 Å². The van der Waals surface area contributed by atoms with Crippen LogP contribution in [0, 0.1) is 5.82 Å². The van der Waals surface area contributed by atoms with Gasteiger partial charge in [-0.2, -0.15) is 0 Å². The summed E-state index contributed by atoms with van der Waals surface area (Å²) >= 11 is 0. The molecule has 0 saturated carbocycles. The Kier molecular flexibility index (Phi) is 4.32. The predicted octanol–water partition coefficient (Wildman–Crippen LogP) is 3.04. The lowest BCUT2D eigenvalue weighted by Gasteiger charge is -2.12. The first-order valence-corrected chi connectivity index (χ1v) is 6.13. The Morgan fingerprint density at radius 2 is 2.00 bits per heavy atom. The average molecular weight is 274 g/mol. The van der Waals surface area contributed by atoms with Gasteiger partial charge in [0.15, 0.2) is 17.3 Å². The molecule has 4 nitrogen and oxygen atoms in total. The SMILES string of the molecule is CC(=O)Nc1ccccc1Oc1ccc(CN)cc1F. The molecule has 0 radical (unpaired) electrons. The summed E-state index contributed by atoms with van der Waals surface area (Å²) in [5, 5.41) is 2.63. The van der Waals surface area contributed by atoms with E-state index in [0.29, 0.717) is 17.0 Å². The molecule has 0 aliphatic carbocycles. The molecule has 2 aromatic carbocycles. The summed E-state index contributed by atoms with van der Waals surface area (Å²) in [5.74, 6) is -0.257. The Morgan fingerprint density at radius 3 is 2.65 bits per heavy atom. The van der Waals surface area contributed by atoms with Crippen molar-refractivity contribution in [2.24, 2.45) is 5.73 Å². The number of rotatable bonds is 4. The summed E-state index contributed by atoms with van der Waals surface area (Å²) in [6, 6.07) is 11.4. The molecule has 1 amide bonds. The van der Waals surface area contributed by atoms with Crippen molar-refractivity contribution in [3.63, 3.8) is 0 Å². The zero-order chi connectivity index (χ0) is 14.5. The highest BCUT2D eigenvalue weighted by Gasteiger charge is 2.09. The van der Waals surface area contributed by atoms with Crippen LogP contribution in [0.3, 0.4) is 0 Å².